The standard InChI is InChI=1S/C26H19ClN4O3/c27-19-9-5-17(6-10-19)13-24(33)29-20-11-7-18(8-12-20)23(32)15-30-25-14-28-16-31(25)22-4-2-1-3-21(22)26(30)34/h1-12,14,16H,13,15H2,(H,29,33). The molecule has 0 aliphatic carbocycles. The fourth-order valence-electron chi connectivity index (χ4n) is 3.91. The molecule has 168 valence electrons. The van der Waals surface area contributed by atoms with Crippen LogP contribution in [0.25, 0.3) is 16.6 Å². The molecule has 1 amide bonds. The number of benzene rings is 3. The van der Waals surface area contributed by atoms with E-state index in [1.54, 1.807) is 77.6 Å². The lowest BCUT2D eigenvalue weighted by Crippen LogP contribution is -2.26. The first-order valence-electron chi connectivity index (χ1n) is 10.6. The van der Waals surface area contributed by atoms with Gasteiger partial charge in [0.05, 0.1) is 30.1 Å². The minimum atomic E-state index is -0.247. The molecule has 0 radical (unpaired) electrons. The van der Waals surface area contributed by atoms with Crippen molar-refractivity contribution in [3.05, 3.63) is 112 Å². The fraction of sp³-hybridized carbons (Fsp3) is 0.0769. The molecule has 0 saturated heterocycles. The van der Waals surface area contributed by atoms with Gasteiger partial charge in [-0.3, -0.25) is 23.4 Å². The second-order valence-corrected chi connectivity index (χ2v) is 8.32. The third kappa shape index (κ3) is 4.21. The van der Waals surface area contributed by atoms with Gasteiger partial charge in [0.2, 0.25) is 5.91 Å². The van der Waals surface area contributed by atoms with Crippen LogP contribution in [0.2, 0.25) is 5.02 Å². The van der Waals surface area contributed by atoms with Gasteiger partial charge >= 0.3 is 0 Å². The van der Waals surface area contributed by atoms with Crippen LogP contribution in [-0.2, 0) is 17.8 Å². The quantitative estimate of drug-likeness (QED) is 0.373. The molecule has 3 aromatic carbocycles. The Kier molecular flexibility index (Phi) is 5.69. The maximum Gasteiger partial charge on any atom is 0.262 e. The summed E-state index contributed by atoms with van der Waals surface area (Å²) in [5.41, 5.74) is 2.90. The number of anilines is 1. The van der Waals surface area contributed by atoms with Crippen LogP contribution in [0.1, 0.15) is 15.9 Å². The van der Waals surface area contributed by atoms with Crippen LogP contribution in [-0.4, -0.2) is 25.6 Å². The molecule has 8 heteroatoms. The van der Waals surface area contributed by atoms with Crippen molar-refractivity contribution in [3.63, 3.8) is 0 Å². The molecule has 0 saturated carbocycles. The summed E-state index contributed by atoms with van der Waals surface area (Å²) in [5, 5.41) is 3.95. The molecule has 0 aliphatic rings. The van der Waals surface area contributed by atoms with Crippen molar-refractivity contribution < 1.29 is 9.59 Å². The van der Waals surface area contributed by atoms with Crippen molar-refractivity contribution in [3.8, 4) is 0 Å². The number of hydrogen-bond donors (Lipinski definition) is 1. The summed E-state index contributed by atoms with van der Waals surface area (Å²) in [7, 11) is 0. The number of para-hydroxylation sites is 1. The Hall–Kier alpha value is -4.23. The highest BCUT2D eigenvalue weighted by atomic mass is 35.5. The highest BCUT2D eigenvalue weighted by Gasteiger charge is 2.15. The van der Waals surface area contributed by atoms with Gasteiger partial charge in [-0.1, -0.05) is 35.9 Å². The van der Waals surface area contributed by atoms with E-state index >= 15 is 0 Å². The van der Waals surface area contributed by atoms with Crippen molar-refractivity contribution in [1.82, 2.24) is 14.0 Å². The zero-order valence-corrected chi connectivity index (χ0v) is 18.7. The molecule has 2 heterocycles. The number of hydrogen-bond acceptors (Lipinski definition) is 4. The number of rotatable bonds is 6. The predicted molar refractivity (Wildman–Crippen MR) is 132 cm³/mol. The second-order valence-electron chi connectivity index (χ2n) is 7.88. The Morgan fingerprint density at radius 2 is 1.68 bits per heavy atom. The Bertz CT molecular complexity index is 1590. The zero-order valence-electron chi connectivity index (χ0n) is 17.9. The molecule has 0 fully saturated rings. The molecule has 0 aliphatic heterocycles. The summed E-state index contributed by atoms with van der Waals surface area (Å²) >= 11 is 5.88. The Morgan fingerprint density at radius 3 is 2.44 bits per heavy atom. The van der Waals surface area contributed by atoms with Crippen molar-refractivity contribution in [2.75, 3.05) is 5.32 Å². The van der Waals surface area contributed by atoms with E-state index in [0.717, 1.165) is 11.1 Å². The predicted octanol–water partition coefficient (Wildman–Crippen LogP) is 4.37. The molecule has 5 rings (SSSR count). The average molecular weight is 471 g/mol. The molecule has 7 nitrogen and oxygen atoms in total. The van der Waals surface area contributed by atoms with E-state index in [-0.39, 0.29) is 30.2 Å². The molecule has 2 aromatic heterocycles. The Morgan fingerprint density at radius 1 is 0.941 bits per heavy atom. The second kappa shape index (κ2) is 8.96. The molecular weight excluding hydrogens is 452 g/mol. The summed E-state index contributed by atoms with van der Waals surface area (Å²) in [4.78, 5) is 42.5. The average Bonchev–Trinajstić information content (AvgIpc) is 3.34. The molecule has 5 aromatic rings. The van der Waals surface area contributed by atoms with Crippen LogP contribution in [0.15, 0.2) is 90.1 Å². The van der Waals surface area contributed by atoms with Gasteiger partial charge in [-0.2, -0.15) is 0 Å². The van der Waals surface area contributed by atoms with Gasteiger partial charge in [0.15, 0.2) is 5.78 Å². The van der Waals surface area contributed by atoms with Crippen LogP contribution >= 0.6 is 11.6 Å². The summed E-state index contributed by atoms with van der Waals surface area (Å²) in [5.74, 6) is -0.397. The van der Waals surface area contributed by atoms with Crippen LogP contribution in [0, 0.1) is 0 Å². The number of ketones is 1. The smallest absolute Gasteiger partial charge is 0.262 e. The highest BCUT2D eigenvalue weighted by Crippen LogP contribution is 2.16. The number of carbonyl (C=O) groups excluding carboxylic acids is 2. The highest BCUT2D eigenvalue weighted by molar-refractivity contribution is 6.30. The molecule has 34 heavy (non-hydrogen) atoms. The molecule has 1 N–H and O–H groups in total. The lowest BCUT2D eigenvalue weighted by Gasteiger charge is -2.11. The number of nitrogens with one attached hydrogen (secondary N) is 1. The van der Waals surface area contributed by atoms with Crippen molar-refractivity contribution in [2.45, 2.75) is 13.0 Å². The van der Waals surface area contributed by atoms with E-state index in [9.17, 15) is 14.4 Å². The number of halogens is 1. The Labute approximate surface area is 199 Å². The van der Waals surface area contributed by atoms with Crippen molar-refractivity contribution >= 4 is 45.5 Å². The largest absolute Gasteiger partial charge is 0.326 e. The molecule has 0 spiro atoms. The fourth-order valence-corrected chi connectivity index (χ4v) is 4.03. The van der Waals surface area contributed by atoms with E-state index in [1.165, 1.54) is 4.57 Å². The van der Waals surface area contributed by atoms with Gasteiger partial charge < -0.3 is 5.32 Å². The zero-order chi connectivity index (χ0) is 23.7. The molecular formula is C26H19ClN4O3. The minimum absolute atomic E-state index is 0.124. The van der Waals surface area contributed by atoms with Crippen LogP contribution < -0.4 is 10.9 Å². The number of Topliss-reactive ketones (excluding diaryl/α,β-unsaturated/α-hetero) is 1. The molecule has 0 atom stereocenters. The number of carbonyl (C=O) groups is 2. The first-order chi connectivity index (χ1) is 16.5. The van der Waals surface area contributed by atoms with Gasteiger partial charge in [0.1, 0.15) is 12.0 Å². The van der Waals surface area contributed by atoms with E-state index < -0.39 is 0 Å². The maximum absolute atomic E-state index is 13.1. The third-order valence-electron chi connectivity index (χ3n) is 5.60. The van der Waals surface area contributed by atoms with Gasteiger partial charge in [-0.15, -0.1) is 0 Å². The van der Waals surface area contributed by atoms with Crippen molar-refractivity contribution in [1.29, 1.82) is 0 Å². The third-order valence-corrected chi connectivity index (χ3v) is 5.86. The van der Waals surface area contributed by atoms with Crippen LogP contribution in [0.4, 0.5) is 5.69 Å². The van der Waals surface area contributed by atoms with Gasteiger partial charge in [-0.25, -0.2) is 4.98 Å². The van der Waals surface area contributed by atoms with E-state index in [2.05, 4.69) is 10.3 Å². The number of fused-ring (bicyclic) bond motifs is 3. The SMILES string of the molecule is O=C(Cc1ccc(Cl)cc1)Nc1ccc(C(=O)Cn2c(=O)c3ccccc3n3cncc23)cc1. The number of aromatic nitrogens is 3. The van der Waals surface area contributed by atoms with Crippen LogP contribution in [0.3, 0.4) is 0 Å². The Balaban J connectivity index is 1.33. The summed E-state index contributed by atoms with van der Waals surface area (Å²) in [6, 6.07) is 20.9. The lowest BCUT2D eigenvalue weighted by molar-refractivity contribution is -0.115. The monoisotopic (exact) mass is 470 g/mol. The molecule has 0 unspecified atom stereocenters. The van der Waals surface area contributed by atoms with Gasteiger partial charge in [0, 0.05) is 16.3 Å². The van der Waals surface area contributed by atoms with Crippen LogP contribution in [0.5, 0.6) is 0 Å². The first-order valence-corrected chi connectivity index (χ1v) is 11.0. The minimum Gasteiger partial charge on any atom is -0.326 e. The van der Waals surface area contributed by atoms with E-state index in [4.69, 9.17) is 11.6 Å². The number of amides is 1. The normalized spacial score (nSPS) is 11.1. The summed E-state index contributed by atoms with van der Waals surface area (Å²) < 4.78 is 3.22. The summed E-state index contributed by atoms with van der Waals surface area (Å²) in [6.07, 6.45) is 3.41. The van der Waals surface area contributed by atoms with Gasteiger partial charge in [-0.05, 0) is 54.1 Å². The number of nitrogens with zero attached hydrogens (tertiary/aromatic N) is 3. The van der Waals surface area contributed by atoms with Crippen molar-refractivity contribution in [2.24, 2.45) is 0 Å². The summed E-state index contributed by atoms with van der Waals surface area (Å²) in [6.45, 7) is -0.124. The molecule has 0 bridgehead atoms. The maximum atomic E-state index is 13.1. The van der Waals surface area contributed by atoms with E-state index in [0.29, 0.717) is 27.3 Å². The van der Waals surface area contributed by atoms with Gasteiger partial charge in [0.25, 0.3) is 5.56 Å². The number of imidazole rings is 1. The first kappa shape index (κ1) is 21.6. The lowest BCUT2D eigenvalue weighted by atomic mass is 10.1. The van der Waals surface area contributed by atoms with E-state index in [1.807, 2.05) is 12.1 Å². The topological polar surface area (TPSA) is 85.5 Å².